The normalized spacial score (nSPS) is 28.0. The van der Waals surface area contributed by atoms with Crippen LogP contribution in [-0.2, 0) is 26.7 Å². The summed E-state index contributed by atoms with van der Waals surface area (Å²) in [6.07, 6.45) is 9.79. The first kappa shape index (κ1) is 36.5. The number of aliphatic carboxylic acids is 1. The maximum atomic E-state index is 13.3. The first-order chi connectivity index (χ1) is 23.2. The molecule has 5 atom stereocenters. The second kappa shape index (κ2) is 15.0. The number of nitrogens with one attached hydrogen (secondary N) is 2. The molecular weight excluding hydrogens is 668 g/mol. The number of hydrogen-bond acceptors (Lipinski definition) is 7. The van der Waals surface area contributed by atoms with Crippen LogP contribution in [0.25, 0.3) is 0 Å². The van der Waals surface area contributed by atoms with E-state index >= 15 is 0 Å². The van der Waals surface area contributed by atoms with Crippen molar-refractivity contribution in [3.05, 3.63) is 70.3 Å². The summed E-state index contributed by atoms with van der Waals surface area (Å²) in [6.45, 7) is 4.58. The van der Waals surface area contributed by atoms with Gasteiger partial charge in [0.1, 0.15) is 5.75 Å². The Bertz CT molecular complexity index is 1710. The van der Waals surface area contributed by atoms with Gasteiger partial charge >= 0.3 is 6.03 Å². The highest BCUT2D eigenvalue weighted by molar-refractivity contribution is 7.90. The lowest BCUT2D eigenvalue weighted by Crippen LogP contribution is -2.53. The molecular formula is C36H47ClN4O7S. The maximum absolute atomic E-state index is 13.3. The molecule has 6 rings (SSSR count). The van der Waals surface area contributed by atoms with E-state index in [-0.39, 0.29) is 29.0 Å². The Labute approximate surface area is 294 Å². The Morgan fingerprint density at radius 3 is 2.59 bits per heavy atom. The van der Waals surface area contributed by atoms with Crippen molar-refractivity contribution in [2.45, 2.75) is 75.5 Å². The maximum Gasteiger partial charge on any atom is 0.317 e. The van der Waals surface area contributed by atoms with Crippen LogP contribution in [0.3, 0.4) is 0 Å². The van der Waals surface area contributed by atoms with Gasteiger partial charge in [0.05, 0.1) is 23.6 Å². The smallest absolute Gasteiger partial charge is 0.317 e. The van der Waals surface area contributed by atoms with E-state index < -0.39 is 27.1 Å². The van der Waals surface area contributed by atoms with Gasteiger partial charge in [0.15, 0.2) is 0 Å². The van der Waals surface area contributed by atoms with Gasteiger partial charge in [-0.1, -0.05) is 29.8 Å². The molecule has 3 N–H and O–H groups in total. The lowest BCUT2D eigenvalue weighted by Gasteiger charge is -2.46. The number of carboxylic acids is 1. The number of aryl methyl sites for hydroxylation is 1. The van der Waals surface area contributed by atoms with Crippen LogP contribution in [0.4, 0.5) is 10.5 Å². The number of benzene rings is 2. The Morgan fingerprint density at radius 2 is 1.90 bits per heavy atom. The van der Waals surface area contributed by atoms with Crippen LogP contribution in [-0.4, -0.2) is 81.4 Å². The second-order valence-corrected chi connectivity index (χ2v) is 16.5. The number of allylic oxidation sites excluding steroid dienone is 1. The number of nitrogens with zero attached hydrogens (tertiary/aromatic N) is 2. The molecule has 0 unspecified atom stereocenters. The summed E-state index contributed by atoms with van der Waals surface area (Å²) >= 11 is 6.42. The third-order valence-electron chi connectivity index (χ3n) is 10.2. The van der Waals surface area contributed by atoms with Crippen molar-refractivity contribution in [2.24, 2.45) is 11.8 Å². The van der Waals surface area contributed by atoms with Crippen molar-refractivity contribution in [3.63, 3.8) is 0 Å². The van der Waals surface area contributed by atoms with Crippen LogP contribution < -0.4 is 19.7 Å². The van der Waals surface area contributed by atoms with Crippen molar-refractivity contribution in [1.82, 2.24) is 14.9 Å². The molecule has 2 heterocycles. The first-order valence-corrected chi connectivity index (χ1v) is 18.8. The highest BCUT2D eigenvalue weighted by Crippen LogP contribution is 2.46. The van der Waals surface area contributed by atoms with E-state index in [1.165, 1.54) is 16.0 Å². The topological polar surface area (TPSA) is 145 Å². The Morgan fingerprint density at radius 1 is 1.14 bits per heavy atom. The minimum Gasteiger partial charge on any atom is -0.490 e. The number of sulfonamides is 1. The number of urea groups is 1. The van der Waals surface area contributed by atoms with E-state index in [1.54, 1.807) is 39.2 Å². The van der Waals surface area contributed by atoms with Gasteiger partial charge < -0.3 is 25.0 Å². The van der Waals surface area contributed by atoms with Crippen molar-refractivity contribution >= 4 is 45.2 Å². The highest BCUT2D eigenvalue weighted by Gasteiger charge is 2.44. The fraction of sp³-hybridized carbons (Fsp3) is 0.528. The summed E-state index contributed by atoms with van der Waals surface area (Å²) in [5.74, 6) is -0.290. The van der Waals surface area contributed by atoms with Crippen molar-refractivity contribution in [3.8, 4) is 5.75 Å². The molecule has 11 nitrogen and oxygen atoms in total. The molecule has 2 aromatic carbocycles. The minimum atomic E-state index is -3.91. The predicted molar refractivity (Wildman–Crippen MR) is 190 cm³/mol. The van der Waals surface area contributed by atoms with Crippen LogP contribution in [0, 0.1) is 11.8 Å². The summed E-state index contributed by atoms with van der Waals surface area (Å²) in [5, 5.41) is 10.6. The van der Waals surface area contributed by atoms with Crippen LogP contribution in [0.5, 0.6) is 5.75 Å². The van der Waals surface area contributed by atoms with Gasteiger partial charge in [0.2, 0.25) is 10.0 Å². The number of ether oxygens (including phenoxy) is 1. The number of hydrogen-bond donors (Lipinski definition) is 3. The lowest BCUT2D eigenvalue weighted by molar-refractivity contribution is -0.134. The summed E-state index contributed by atoms with van der Waals surface area (Å²) in [5.41, 5.74) is 3.28. The SMILES string of the molecule is CC(=O)O.C[C@@H]1CC/C=C/[C@H](NC(=O)N(C)C)[C@@H]2CC[C@H]2CN2C[C@@]3(CCCc4cc(Cl)ccc43)COc3ccc(cc32)C(=O)NS1(=O)=O. The molecule has 49 heavy (non-hydrogen) atoms. The molecule has 3 amide bonds. The van der Waals surface area contributed by atoms with Crippen LogP contribution >= 0.6 is 11.6 Å². The van der Waals surface area contributed by atoms with Crippen molar-refractivity contribution in [1.29, 1.82) is 0 Å². The average Bonchev–Trinajstić information content (AvgIpc) is 3.16. The molecule has 2 aliphatic heterocycles. The van der Waals surface area contributed by atoms with E-state index in [0.29, 0.717) is 44.2 Å². The molecule has 0 saturated heterocycles. The largest absolute Gasteiger partial charge is 0.490 e. The molecule has 0 aromatic heterocycles. The molecule has 1 fully saturated rings. The Kier molecular flexibility index (Phi) is 11.2. The van der Waals surface area contributed by atoms with E-state index in [1.807, 2.05) is 18.2 Å². The summed E-state index contributed by atoms with van der Waals surface area (Å²) in [7, 11) is -0.445. The number of rotatable bonds is 1. The van der Waals surface area contributed by atoms with Gasteiger partial charge in [-0.05, 0) is 105 Å². The molecule has 13 heteroatoms. The predicted octanol–water partition coefficient (Wildman–Crippen LogP) is 5.37. The minimum absolute atomic E-state index is 0.155. The number of fused-ring (bicyclic) bond motifs is 4. The third-order valence-corrected chi connectivity index (χ3v) is 12.2. The number of halogens is 1. The summed E-state index contributed by atoms with van der Waals surface area (Å²) < 4.78 is 35.1. The van der Waals surface area contributed by atoms with Crippen LogP contribution in [0.2, 0.25) is 5.02 Å². The lowest BCUT2D eigenvalue weighted by atomic mass is 9.68. The van der Waals surface area contributed by atoms with E-state index in [9.17, 15) is 18.0 Å². The quantitative estimate of drug-likeness (QED) is 0.335. The van der Waals surface area contributed by atoms with Gasteiger partial charge in [0.25, 0.3) is 11.9 Å². The zero-order chi connectivity index (χ0) is 35.5. The van der Waals surface area contributed by atoms with Gasteiger partial charge in [-0.3, -0.25) is 9.59 Å². The monoisotopic (exact) mass is 714 g/mol. The van der Waals surface area contributed by atoms with E-state index in [2.05, 4.69) is 27.1 Å². The standard InChI is InChI=1S/C34H43ClN4O5S.C2H4O2/c1-22-7-4-5-9-29(36-33(41)38(2)3)27-13-10-25(27)19-39-20-34(16-6-8-23-17-26(35)12-14-28(23)34)21-44-31-15-11-24(18-30(31)39)32(40)37-45(22,42)43;1-2(3)4/h5,9,11-12,14-15,17-18,22,25,27,29H,4,6-8,10,13,16,19-21H2,1-3H3,(H,36,41)(H,37,40);1H3,(H,3,4)/b9-5+;/t22-,25+,27-,29+,34+;/m1./s1. The molecule has 1 saturated carbocycles. The molecule has 1 spiro atoms. The van der Waals surface area contributed by atoms with Gasteiger partial charge in [-0.25, -0.2) is 17.9 Å². The van der Waals surface area contributed by atoms with Gasteiger partial charge in [0, 0.05) is 50.1 Å². The van der Waals surface area contributed by atoms with Gasteiger partial charge in [-0.2, -0.15) is 0 Å². The zero-order valence-corrected chi connectivity index (χ0v) is 30.1. The number of amides is 3. The number of carbonyl (C=O) groups is 3. The zero-order valence-electron chi connectivity index (χ0n) is 28.6. The fourth-order valence-electron chi connectivity index (χ4n) is 7.42. The van der Waals surface area contributed by atoms with Gasteiger partial charge in [-0.15, -0.1) is 0 Å². The third kappa shape index (κ3) is 8.34. The molecule has 2 aromatic rings. The second-order valence-electron chi connectivity index (χ2n) is 14.0. The first-order valence-electron chi connectivity index (χ1n) is 16.9. The van der Waals surface area contributed by atoms with Crippen LogP contribution in [0.15, 0.2) is 48.6 Å². The summed E-state index contributed by atoms with van der Waals surface area (Å²) in [4.78, 5) is 39.0. The highest BCUT2D eigenvalue weighted by atomic mass is 35.5. The Balaban J connectivity index is 0.00000111. The molecule has 2 aliphatic carbocycles. The fourth-order valence-corrected chi connectivity index (χ4v) is 8.64. The van der Waals surface area contributed by atoms with E-state index in [4.69, 9.17) is 26.2 Å². The summed E-state index contributed by atoms with van der Waals surface area (Å²) in [6, 6.07) is 11.0. The number of carboxylic acid groups (broad SMARTS) is 1. The average molecular weight is 715 g/mol. The molecule has 0 radical (unpaired) electrons. The number of carbonyl (C=O) groups excluding carboxylic acids is 2. The van der Waals surface area contributed by atoms with E-state index in [0.717, 1.165) is 49.7 Å². The molecule has 2 bridgehead atoms. The Hall–Kier alpha value is -3.77. The molecule has 4 aliphatic rings. The van der Waals surface area contributed by atoms with Crippen LogP contribution in [0.1, 0.15) is 73.9 Å². The molecule has 266 valence electrons. The van der Waals surface area contributed by atoms with Crippen molar-refractivity contribution in [2.75, 3.05) is 38.7 Å². The number of anilines is 1. The van der Waals surface area contributed by atoms with Crippen molar-refractivity contribution < 1.29 is 32.6 Å².